The van der Waals surface area contributed by atoms with Gasteiger partial charge in [-0.3, -0.25) is 4.79 Å². The van der Waals surface area contributed by atoms with Gasteiger partial charge in [0.2, 0.25) is 5.91 Å². The second kappa shape index (κ2) is 5.82. The van der Waals surface area contributed by atoms with E-state index in [1.807, 2.05) is 0 Å². The molecule has 0 spiro atoms. The van der Waals surface area contributed by atoms with Gasteiger partial charge in [0.25, 0.3) is 0 Å². The molecule has 5 heteroatoms. The molecule has 0 radical (unpaired) electrons. The Morgan fingerprint density at radius 2 is 1.92 bits per heavy atom. The monoisotopic (exact) mass is 361 g/mol. The lowest BCUT2D eigenvalue weighted by Gasteiger charge is -2.54. The third kappa shape index (κ3) is 2.32. The molecule has 2 N–H and O–H groups in total. The molecular weight excluding hydrogens is 330 g/mol. The molecular formula is C21H31NO4. The zero-order chi connectivity index (χ0) is 18.9. The minimum Gasteiger partial charge on any atom is -0.465 e. The molecule has 26 heavy (non-hydrogen) atoms. The number of carbonyl (C=O) groups excluding carboxylic acids is 1. The minimum absolute atomic E-state index is 0.0821. The molecule has 1 aliphatic heterocycles. The van der Waals surface area contributed by atoms with Gasteiger partial charge in [-0.1, -0.05) is 26.0 Å². The van der Waals surface area contributed by atoms with Gasteiger partial charge >= 0.3 is 6.09 Å². The van der Waals surface area contributed by atoms with Crippen LogP contribution in [0.15, 0.2) is 12.2 Å². The second-order valence-corrected chi connectivity index (χ2v) is 9.69. The van der Waals surface area contributed by atoms with Gasteiger partial charge < -0.3 is 10.2 Å². The van der Waals surface area contributed by atoms with Gasteiger partial charge in [-0.05, 0) is 73.5 Å². The number of fused-ring (bicyclic) bond motifs is 5. The Morgan fingerprint density at radius 1 is 1.19 bits per heavy atom. The minimum atomic E-state index is -1.14. The lowest BCUT2D eigenvalue weighted by molar-refractivity contribution is -0.142. The highest BCUT2D eigenvalue weighted by atomic mass is 16.4. The number of allylic oxidation sites excluding steroid dienone is 1. The number of likely N-dealkylation sites (tertiary alicyclic amines) is 1. The van der Waals surface area contributed by atoms with Crippen molar-refractivity contribution in [3.05, 3.63) is 12.2 Å². The van der Waals surface area contributed by atoms with Crippen LogP contribution >= 0.6 is 0 Å². The summed E-state index contributed by atoms with van der Waals surface area (Å²) in [5.74, 6) is 0.291. The number of amides is 2. The molecule has 0 aromatic rings. The fourth-order valence-corrected chi connectivity index (χ4v) is 7.07. The van der Waals surface area contributed by atoms with Gasteiger partial charge in [-0.2, -0.15) is 0 Å². The van der Waals surface area contributed by atoms with Crippen molar-refractivity contribution in [2.75, 3.05) is 6.54 Å². The summed E-state index contributed by atoms with van der Waals surface area (Å²) in [4.78, 5) is 26.2. The van der Waals surface area contributed by atoms with Gasteiger partial charge in [0.05, 0.1) is 6.10 Å². The molecule has 144 valence electrons. The van der Waals surface area contributed by atoms with E-state index < -0.39 is 12.2 Å². The summed E-state index contributed by atoms with van der Waals surface area (Å²) in [6, 6.07) is 0. The number of hydrogen-bond donors (Lipinski definition) is 2. The number of carboxylic acid groups (broad SMARTS) is 1. The van der Waals surface area contributed by atoms with Gasteiger partial charge in [0.15, 0.2) is 0 Å². The molecule has 3 saturated carbocycles. The topological polar surface area (TPSA) is 77.8 Å². The summed E-state index contributed by atoms with van der Waals surface area (Å²) in [5.41, 5.74) is 1.18. The number of imide groups is 1. The number of hydrogen-bond acceptors (Lipinski definition) is 3. The first-order valence-corrected chi connectivity index (χ1v) is 10.1. The molecule has 0 aromatic heterocycles. The normalized spacial score (nSPS) is 48.4. The summed E-state index contributed by atoms with van der Waals surface area (Å²) in [5, 5.41) is 19.9. The Labute approximate surface area is 155 Å². The van der Waals surface area contributed by atoms with Crippen molar-refractivity contribution < 1.29 is 19.8 Å². The van der Waals surface area contributed by atoms with Crippen LogP contribution in [0.25, 0.3) is 0 Å². The standard InChI is InChI=1S/C21H31NO4/c1-12-4-5-15-14-11-22(19(25)26)18(24)17-10-13(23)6-8-21(17,3)16(14)7-9-20(12,15)2/h13-17,23H,1,4-11H2,2-3H3,(H,25,26)/t13-,14-,15-,16?,17+,20+,21+/m0/s1. The number of carbonyl (C=O) groups is 2. The zero-order valence-corrected chi connectivity index (χ0v) is 15.9. The zero-order valence-electron chi connectivity index (χ0n) is 15.9. The van der Waals surface area contributed by atoms with E-state index in [1.54, 1.807) is 0 Å². The van der Waals surface area contributed by atoms with E-state index in [1.165, 1.54) is 5.57 Å². The molecule has 4 aliphatic rings. The van der Waals surface area contributed by atoms with Crippen LogP contribution in [0.4, 0.5) is 4.79 Å². The van der Waals surface area contributed by atoms with Crippen LogP contribution in [0.2, 0.25) is 0 Å². The van der Waals surface area contributed by atoms with Gasteiger partial charge in [-0.25, -0.2) is 9.69 Å². The van der Waals surface area contributed by atoms with Crippen molar-refractivity contribution in [1.82, 2.24) is 4.90 Å². The lowest BCUT2D eigenvalue weighted by Crippen LogP contribution is -2.50. The molecule has 4 rings (SSSR count). The quantitative estimate of drug-likeness (QED) is 0.645. The van der Waals surface area contributed by atoms with E-state index in [9.17, 15) is 19.8 Å². The maximum atomic E-state index is 13.2. The smallest absolute Gasteiger partial charge is 0.414 e. The van der Waals surface area contributed by atoms with E-state index in [4.69, 9.17) is 0 Å². The second-order valence-electron chi connectivity index (χ2n) is 9.69. The van der Waals surface area contributed by atoms with Crippen LogP contribution in [-0.4, -0.2) is 39.8 Å². The predicted molar refractivity (Wildman–Crippen MR) is 97.4 cm³/mol. The molecule has 0 aromatic carbocycles. The summed E-state index contributed by atoms with van der Waals surface area (Å²) >= 11 is 0. The van der Waals surface area contributed by atoms with Crippen LogP contribution in [0.3, 0.4) is 0 Å². The fourth-order valence-electron chi connectivity index (χ4n) is 7.07. The maximum absolute atomic E-state index is 13.2. The van der Waals surface area contributed by atoms with E-state index in [-0.39, 0.29) is 28.6 Å². The van der Waals surface area contributed by atoms with Crippen LogP contribution in [-0.2, 0) is 4.79 Å². The highest BCUT2D eigenvalue weighted by Crippen LogP contribution is 2.64. The molecule has 4 fully saturated rings. The van der Waals surface area contributed by atoms with Crippen molar-refractivity contribution in [2.45, 2.75) is 64.9 Å². The number of aliphatic hydroxyl groups is 1. The third-order valence-electron chi connectivity index (χ3n) is 8.75. The van der Waals surface area contributed by atoms with E-state index in [0.29, 0.717) is 31.2 Å². The summed E-state index contributed by atoms with van der Waals surface area (Å²) < 4.78 is 0. The first kappa shape index (κ1) is 18.0. The molecule has 1 saturated heterocycles. The van der Waals surface area contributed by atoms with Crippen LogP contribution in [0.5, 0.6) is 0 Å². The Balaban J connectivity index is 1.79. The molecule has 2 amide bonds. The van der Waals surface area contributed by atoms with Crippen molar-refractivity contribution in [2.24, 2.45) is 34.5 Å². The summed E-state index contributed by atoms with van der Waals surface area (Å²) in [6.07, 6.45) is 4.48. The average molecular weight is 361 g/mol. The molecule has 1 heterocycles. The number of aliphatic hydroxyl groups excluding tert-OH is 1. The van der Waals surface area contributed by atoms with Crippen LogP contribution in [0.1, 0.15) is 58.8 Å². The highest BCUT2D eigenvalue weighted by molar-refractivity contribution is 5.93. The average Bonchev–Trinajstić information content (AvgIpc) is 2.84. The van der Waals surface area contributed by atoms with Crippen molar-refractivity contribution >= 4 is 12.0 Å². The Bertz CT molecular complexity index is 660. The van der Waals surface area contributed by atoms with Gasteiger partial charge in [-0.15, -0.1) is 0 Å². The lowest BCUT2D eigenvalue weighted by atomic mass is 9.50. The van der Waals surface area contributed by atoms with Crippen molar-refractivity contribution in [1.29, 1.82) is 0 Å². The van der Waals surface area contributed by atoms with E-state index >= 15 is 0 Å². The van der Waals surface area contributed by atoms with Crippen molar-refractivity contribution in [3.8, 4) is 0 Å². The third-order valence-corrected chi connectivity index (χ3v) is 8.75. The Morgan fingerprint density at radius 3 is 2.62 bits per heavy atom. The predicted octanol–water partition coefficient (Wildman–Crippen LogP) is 3.67. The molecule has 7 atom stereocenters. The SMILES string of the molecule is C=C1CC[C@H]2[C@@H]3CN(C(=O)O)C(=O)[C@H]4C[C@@H](O)CC[C@]4(C)C3CC[C@]12C. The first-order chi connectivity index (χ1) is 12.2. The van der Waals surface area contributed by atoms with Crippen LogP contribution in [0, 0.1) is 34.5 Å². The van der Waals surface area contributed by atoms with Crippen molar-refractivity contribution in [3.63, 3.8) is 0 Å². The maximum Gasteiger partial charge on any atom is 0.414 e. The summed E-state index contributed by atoms with van der Waals surface area (Å²) in [7, 11) is 0. The molecule has 3 aliphatic carbocycles. The highest BCUT2D eigenvalue weighted by Gasteiger charge is 2.61. The first-order valence-electron chi connectivity index (χ1n) is 10.1. The number of rotatable bonds is 0. The van der Waals surface area contributed by atoms with Crippen LogP contribution < -0.4 is 0 Å². The Kier molecular flexibility index (Phi) is 4.03. The van der Waals surface area contributed by atoms with Gasteiger partial charge in [0.1, 0.15) is 0 Å². The van der Waals surface area contributed by atoms with E-state index in [0.717, 1.165) is 37.0 Å². The molecule has 0 bridgehead atoms. The number of nitrogens with zero attached hydrogens (tertiary/aromatic N) is 1. The Hall–Kier alpha value is -1.36. The van der Waals surface area contributed by atoms with E-state index in [2.05, 4.69) is 20.4 Å². The summed E-state index contributed by atoms with van der Waals surface area (Å²) in [6.45, 7) is 9.12. The fraction of sp³-hybridized carbons (Fsp3) is 0.810. The largest absolute Gasteiger partial charge is 0.465 e. The molecule has 5 nitrogen and oxygen atoms in total. The van der Waals surface area contributed by atoms with Gasteiger partial charge in [0, 0.05) is 12.5 Å². The molecule has 1 unspecified atom stereocenters.